The topological polar surface area (TPSA) is 87.7 Å². The van der Waals surface area contributed by atoms with E-state index in [1.807, 2.05) is 0 Å². The van der Waals surface area contributed by atoms with Crippen LogP contribution in [0.15, 0.2) is 29.4 Å². The molecule has 2 atom stereocenters. The number of benzene rings is 1. The lowest BCUT2D eigenvalue weighted by atomic mass is 9.86. The van der Waals surface area contributed by atoms with E-state index in [1.54, 1.807) is 24.3 Å². The third kappa shape index (κ3) is 3.29. The molecule has 5 heteroatoms. The molecule has 0 saturated heterocycles. The predicted molar refractivity (Wildman–Crippen MR) is 77.8 cm³/mol. The van der Waals surface area contributed by atoms with E-state index in [0.29, 0.717) is 17.0 Å². The van der Waals surface area contributed by atoms with Crippen molar-refractivity contribution in [3.8, 4) is 0 Å². The Morgan fingerprint density at radius 3 is 2.75 bits per heavy atom. The van der Waals surface area contributed by atoms with E-state index >= 15 is 0 Å². The van der Waals surface area contributed by atoms with Crippen molar-refractivity contribution in [2.45, 2.75) is 38.6 Å². The number of oxime groups is 1. The minimum absolute atomic E-state index is 0.00526. The highest BCUT2D eigenvalue weighted by molar-refractivity contribution is 6.01. The van der Waals surface area contributed by atoms with Gasteiger partial charge in [-0.2, -0.15) is 0 Å². The Balaban J connectivity index is 2.09. The van der Waals surface area contributed by atoms with Crippen molar-refractivity contribution in [3.05, 3.63) is 35.4 Å². The first-order valence-electron chi connectivity index (χ1n) is 7.00. The first-order valence-corrected chi connectivity index (χ1v) is 7.00. The van der Waals surface area contributed by atoms with Gasteiger partial charge in [0.25, 0.3) is 5.91 Å². The zero-order chi connectivity index (χ0) is 14.5. The van der Waals surface area contributed by atoms with Gasteiger partial charge in [-0.15, -0.1) is 0 Å². The fourth-order valence-electron chi connectivity index (χ4n) is 2.66. The molecule has 4 N–H and O–H groups in total. The van der Waals surface area contributed by atoms with Crippen LogP contribution in [0.4, 0.5) is 0 Å². The molecule has 0 aliphatic heterocycles. The van der Waals surface area contributed by atoms with Gasteiger partial charge < -0.3 is 16.3 Å². The van der Waals surface area contributed by atoms with Crippen molar-refractivity contribution in [1.82, 2.24) is 5.32 Å². The number of carbonyl (C=O) groups is 1. The predicted octanol–water partition coefficient (Wildman–Crippen LogP) is 2.09. The Kier molecular flexibility index (Phi) is 4.61. The third-order valence-electron chi connectivity index (χ3n) is 3.96. The zero-order valence-electron chi connectivity index (χ0n) is 11.7. The summed E-state index contributed by atoms with van der Waals surface area (Å²) < 4.78 is 0. The summed E-state index contributed by atoms with van der Waals surface area (Å²) in [5, 5.41) is 14.7. The quantitative estimate of drug-likeness (QED) is 0.341. The van der Waals surface area contributed by atoms with Crippen LogP contribution in [0.2, 0.25) is 0 Å². The van der Waals surface area contributed by atoms with Crippen LogP contribution in [-0.4, -0.2) is 23.0 Å². The van der Waals surface area contributed by atoms with E-state index < -0.39 is 0 Å². The fraction of sp³-hybridized carbons (Fsp3) is 0.467. The molecule has 2 unspecified atom stereocenters. The molecule has 1 aromatic carbocycles. The summed E-state index contributed by atoms with van der Waals surface area (Å²) in [6.07, 6.45) is 4.61. The van der Waals surface area contributed by atoms with Crippen LogP contribution >= 0.6 is 0 Å². The monoisotopic (exact) mass is 275 g/mol. The van der Waals surface area contributed by atoms with Gasteiger partial charge in [-0.05, 0) is 30.9 Å². The lowest BCUT2D eigenvalue weighted by molar-refractivity contribution is 0.0910. The SMILES string of the molecule is CC1CCCCC1NC(=O)c1cccc(/C(N)=N/O)c1. The maximum absolute atomic E-state index is 12.3. The molecule has 0 bridgehead atoms. The number of nitrogens with one attached hydrogen (secondary N) is 1. The number of amidine groups is 1. The van der Waals surface area contributed by atoms with Gasteiger partial charge in [-0.1, -0.05) is 37.1 Å². The number of amides is 1. The average Bonchev–Trinajstić information content (AvgIpc) is 2.49. The Morgan fingerprint density at radius 2 is 2.05 bits per heavy atom. The van der Waals surface area contributed by atoms with Crippen molar-refractivity contribution in [2.75, 3.05) is 0 Å². The summed E-state index contributed by atoms with van der Waals surface area (Å²) in [6, 6.07) is 7.04. The van der Waals surface area contributed by atoms with Crippen LogP contribution in [0.25, 0.3) is 0 Å². The molecule has 2 rings (SSSR count). The van der Waals surface area contributed by atoms with Crippen LogP contribution < -0.4 is 11.1 Å². The minimum Gasteiger partial charge on any atom is -0.409 e. The molecule has 1 aliphatic carbocycles. The van der Waals surface area contributed by atoms with E-state index in [9.17, 15) is 4.79 Å². The molecule has 0 heterocycles. The number of nitrogens with zero attached hydrogens (tertiary/aromatic N) is 1. The van der Waals surface area contributed by atoms with E-state index in [0.717, 1.165) is 12.8 Å². The number of hydrogen-bond acceptors (Lipinski definition) is 3. The largest absolute Gasteiger partial charge is 0.409 e. The number of hydrogen-bond donors (Lipinski definition) is 3. The van der Waals surface area contributed by atoms with Gasteiger partial charge in [-0.3, -0.25) is 4.79 Å². The van der Waals surface area contributed by atoms with Crippen LogP contribution in [0.1, 0.15) is 48.5 Å². The second kappa shape index (κ2) is 6.41. The van der Waals surface area contributed by atoms with E-state index in [1.165, 1.54) is 12.8 Å². The molecular weight excluding hydrogens is 254 g/mol. The minimum atomic E-state index is -0.101. The Hall–Kier alpha value is -2.04. The van der Waals surface area contributed by atoms with Crippen molar-refractivity contribution in [1.29, 1.82) is 0 Å². The van der Waals surface area contributed by atoms with Crippen LogP contribution in [-0.2, 0) is 0 Å². The second-order valence-electron chi connectivity index (χ2n) is 5.41. The Labute approximate surface area is 118 Å². The molecule has 1 aromatic rings. The molecular formula is C15H21N3O2. The van der Waals surface area contributed by atoms with Crippen molar-refractivity contribution in [3.63, 3.8) is 0 Å². The molecule has 0 spiro atoms. The number of rotatable bonds is 3. The highest BCUT2D eigenvalue weighted by atomic mass is 16.4. The molecule has 0 radical (unpaired) electrons. The maximum atomic E-state index is 12.3. The van der Waals surface area contributed by atoms with E-state index in [-0.39, 0.29) is 17.8 Å². The average molecular weight is 275 g/mol. The summed E-state index contributed by atoms with van der Waals surface area (Å²) in [5.41, 5.74) is 6.61. The van der Waals surface area contributed by atoms with E-state index in [2.05, 4.69) is 17.4 Å². The standard InChI is InChI=1S/C15H21N3O2/c1-10-5-2-3-8-13(10)17-15(19)12-7-4-6-11(9-12)14(16)18-20/h4,6-7,9-10,13,20H,2-3,5,8H2,1H3,(H2,16,18)(H,17,19). The summed E-state index contributed by atoms with van der Waals surface area (Å²) in [7, 11) is 0. The van der Waals surface area contributed by atoms with Gasteiger partial charge in [0.2, 0.25) is 0 Å². The van der Waals surface area contributed by atoms with Gasteiger partial charge >= 0.3 is 0 Å². The molecule has 1 aliphatic rings. The van der Waals surface area contributed by atoms with Gasteiger partial charge in [0.15, 0.2) is 5.84 Å². The second-order valence-corrected chi connectivity index (χ2v) is 5.41. The van der Waals surface area contributed by atoms with Crippen LogP contribution in [0.5, 0.6) is 0 Å². The summed E-state index contributed by atoms with van der Waals surface area (Å²) in [6.45, 7) is 2.18. The first kappa shape index (κ1) is 14.4. The fourth-order valence-corrected chi connectivity index (χ4v) is 2.66. The molecule has 1 amide bonds. The van der Waals surface area contributed by atoms with Gasteiger partial charge in [0.05, 0.1) is 0 Å². The Morgan fingerprint density at radius 1 is 1.35 bits per heavy atom. The maximum Gasteiger partial charge on any atom is 0.251 e. The number of nitrogens with two attached hydrogens (primary N) is 1. The molecule has 1 fully saturated rings. The molecule has 5 nitrogen and oxygen atoms in total. The van der Waals surface area contributed by atoms with E-state index in [4.69, 9.17) is 10.9 Å². The van der Waals surface area contributed by atoms with Crippen LogP contribution in [0.3, 0.4) is 0 Å². The highest BCUT2D eigenvalue weighted by Crippen LogP contribution is 2.24. The number of carbonyl (C=O) groups excluding carboxylic acids is 1. The van der Waals surface area contributed by atoms with Gasteiger partial charge in [0, 0.05) is 17.2 Å². The lowest BCUT2D eigenvalue weighted by Crippen LogP contribution is -2.41. The zero-order valence-corrected chi connectivity index (χ0v) is 11.7. The highest BCUT2D eigenvalue weighted by Gasteiger charge is 2.23. The lowest BCUT2D eigenvalue weighted by Gasteiger charge is -2.29. The van der Waals surface area contributed by atoms with Gasteiger partial charge in [-0.25, -0.2) is 0 Å². The molecule has 1 saturated carbocycles. The van der Waals surface area contributed by atoms with Crippen LogP contribution in [0, 0.1) is 5.92 Å². The molecule has 20 heavy (non-hydrogen) atoms. The third-order valence-corrected chi connectivity index (χ3v) is 3.96. The summed E-state index contributed by atoms with van der Waals surface area (Å²) in [5.74, 6) is 0.419. The normalized spacial score (nSPS) is 23.4. The van der Waals surface area contributed by atoms with Gasteiger partial charge in [0.1, 0.15) is 0 Å². The molecule has 0 aromatic heterocycles. The Bertz CT molecular complexity index is 514. The van der Waals surface area contributed by atoms with Crippen molar-refractivity contribution in [2.24, 2.45) is 16.8 Å². The van der Waals surface area contributed by atoms with Crippen molar-refractivity contribution < 1.29 is 10.0 Å². The molecule has 108 valence electrons. The summed E-state index contributed by atoms with van der Waals surface area (Å²) >= 11 is 0. The van der Waals surface area contributed by atoms with Crippen molar-refractivity contribution >= 4 is 11.7 Å². The first-order chi connectivity index (χ1) is 9.61. The summed E-state index contributed by atoms with van der Waals surface area (Å²) in [4.78, 5) is 12.3. The smallest absolute Gasteiger partial charge is 0.251 e.